The SMILES string of the molecule is CCCCCC(/C=C/Cc1ccccc1)OCc1ccccc1. The minimum absolute atomic E-state index is 0.213. The Morgan fingerprint density at radius 2 is 1.52 bits per heavy atom. The highest BCUT2D eigenvalue weighted by atomic mass is 16.5. The van der Waals surface area contributed by atoms with Crippen molar-refractivity contribution < 1.29 is 4.74 Å². The van der Waals surface area contributed by atoms with Gasteiger partial charge in [0.2, 0.25) is 0 Å². The molecule has 0 aliphatic carbocycles. The Morgan fingerprint density at radius 3 is 2.17 bits per heavy atom. The fourth-order valence-corrected chi connectivity index (χ4v) is 2.58. The van der Waals surface area contributed by atoms with Crippen LogP contribution in [0.15, 0.2) is 72.8 Å². The van der Waals surface area contributed by atoms with Crippen LogP contribution < -0.4 is 0 Å². The van der Waals surface area contributed by atoms with Gasteiger partial charge in [-0.1, -0.05) is 99.0 Å². The minimum atomic E-state index is 0.213. The maximum absolute atomic E-state index is 6.13. The van der Waals surface area contributed by atoms with Crippen molar-refractivity contribution in [2.45, 2.75) is 51.7 Å². The number of hydrogen-bond acceptors (Lipinski definition) is 1. The largest absolute Gasteiger partial charge is 0.369 e. The first-order valence-electron chi connectivity index (χ1n) is 8.74. The molecule has 0 aliphatic heterocycles. The monoisotopic (exact) mass is 308 g/mol. The number of hydrogen-bond donors (Lipinski definition) is 0. The van der Waals surface area contributed by atoms with E-state index in [-0.39, 0.29) is 6.10 Å². The van der Waals surface area contributed by atoms with Crippen LogP contribution in [0.1, 0.15) is 43.7 Å². The van der Waals surface area contributed by atoms with E-state index < -0.39 is 0 Å². The van der Waals surface area contributed by atoms with Crippen molar-refractivity contribution >= 4 is 0 Å². The van der Waals surface area contributed by atoms with Crippen LogP contribution in [-0.2, 0) is 17.8 Å². The Labute approximate surface area is 141 Å². The molecule has 0 fully saturated rings. The molecule has 0 amide bonds. The van der Waals surface area contributed by atoms with E-state index in [1.165, 1.54) is 30.4 Å². The summed E-state index contributed by atoms with van der Waals surface area (Å²) in [6.07, 6.45) is 10.5. The fraction of sp³-hybridized carbons (Fsp3) is 0.364. The van der Waals surface area contributed by atoms with Crippen LogP contribution in [0.2, 0.25) is 0 Å². The number of ether oxygens (including phenoxy) is 1. The predicted molar refractivity (Wildman–Crippen MR) is 98.4 cm³/mol. The van der Waals surface area contributed by atoms with E-state index in [4.69, 9.17) is 4.74 Å². The Kier molecular flexibility index (Phi) is 8.21. The molecule has 0 aliphatic rings. The van der Waals surface area contributed by atoms with Crippen molar-refractivity contribution in [1.29, 1.82) is 0 Å². The third-order valence-electron chi connectivity index (χ3n) is 3.95. The van der Waals surface area contributed by atoms with E-state index in [1.54, 1.807) is 0 Å². The lowest BCUT2D eigenvalue weighted by Gasteiger charge is -2.14. The highest BCUT2D eigenvalue weighted by molar-refractivity contribution is 5.18. The van der Waals surface area contributed by atoms with Crippen LogP contribution in [0.4, 0.5) is 0 Å². The summed E-state index contributed by atoms with van der Waals surface area (Å²) < 4.78 is 6.13. The summed E-state index contributed by atoms with van der Waals surface area (Å²) in [5.74, 6) is 0. The summed E-state index contributed by atoms with van der Waals surface area (Å²) in [5.41, 5.74) is 2.59. The lowest BCUT2D eigenvalue weighted by atomic mass is 10.1. The summed E-state index contributed by atoms with van der Waals surface area (Å²) in [6, 6.07) is 21.0. The molecular formula is C22H28O. The summed E-state index contributed by atoms with van der Waals surface area (Å²) in [6.45, 7) is 2.93. The van der Waals surface area contributed by atoms with E-state index in [1.807, 2.05) is 6.07 Å². The molecule has 1 nitrogen and oxygen atoms in total. The fourth-order valence-electron chi connectivity index (χ4n) is 2.58. The Balaban J connectivity index is 1.85. The van der Waals surface area contributed by atoms with Gasteiger partial charge in [-0.25, -0.2) is 0 Å². The van der Waals surface area contributed by atoms with Crippen molar-refractivity contribution in [2.24, 2.45) is 0 Å². The number of benzene rings is 2. The van der Waals surface area contributed by atoms with Crippen molar-refractivity contribution in [3.05, 3.63) is 83.9 Å². The molecule has 23 heavy (non-hydrogen) atoms. The van der Waals surface area contributed by atoms with E-state index >= 15 is 0 Å². The molecule has 2 aromatic carbocycles. The van der Waals surface area contributed by atoms with Crippen molar-refractivity contribution in [2.75, 3.05) is 0 Å². The van der Waals surface area contributed by atoms with Gasteiger partial charge in [0.15, 0.2) is 0 Å². The topological polar surface area (TPSA) is 9.23 Å². The van der Waals surface area contributed by atoms with Crippen LogP contribution in [0.5, 0.6) is 0 Å². The predicted octanol–water partition coefficient (Wildman–Crippen LogP) is 5.95. The van der Waals surface area contributed by atoms with E-state index in [0.717, 1.165) is 12.8 Å². The molecule has 0 bridgehead atoms. The molecule has 1 atom stereocenters. The third kappa shape index (κ3) is 7.30. The van der Waals surface area contributed by atoms with Gasteiger partial charge in [-0.05, 0) is 24.0 Å². The maximum atomic E-state index is 6.13. The molecule has 2 aromatic rings. The van der Waals surface area contributed by atoms with Gasteiger partial charge >= 0.3 is 0 Å². The molecular weight excluding hydrogens is 280 g/mol. The molecule has 0 saturated heterocycles. The molecule has 122 valence electrons. The van der Waals surface area contributed by atoms with Crippen molar-refractivity contribution in [3.8, 4) is 0 Å². The average Bonchev–Trinajstić information content (AvgIpc) is 2.61. The zero-order valence-corrected chi connectivity index (χ0v) is 14.2. The Morgan fingerprint density at radius 1 is 0.870 bits per heavy atom. The third-order valence-corrected chi connectivity index (χ3v) is 3.95. The van der Waals surface area contributed by atoms with Crippen LogP contribution in [0, 0.1) is 0 Å². The molecule has 1 heteroatoms. The zero-order chi connectivity index (χ0) is 16.2. The highest BCUT2D eigenvalue weighted by Crippen LogP contribution is 2.12. The summed E-state index contributed by atoms with van der Waals surface area (Å²) in [5, 5.41) is 0. The van der Waals surface area contributed by atoms with Gasteiger partial charge in [-0.3, -0.25) is 0 Å². The molecule has 0 saturated carbocycles. The number of unbranched alkanes of at least 4 members (excludes halogenated alkanes) is 2. The normalized spacial score (nSPS) is 12.6. The Hall–Kier alpha value is -1.86. The van der Waals surface area contributed by atoms with Crippen molar-refractivity contribution in [1.82, 2.24) is 0 Å². The highest BCUT2D eigenvalue weighted by Gasteiger charge is 2.05. The molecule has 0 N–H and O–H groups in total. The quantitative estimate of drug-likeness (QED) is 0.389. The van der Waals surface area contributed by atoms with Gasteiger partial charge in [0.05, 0.1) is 12.7 Å². The molecule has 0 heterocycles. The van der Waals surface area contributed by atoms with Gasteiger partial charge in [-0.15, -0.1) is 0 Å². The number of rotatable bonds is 10. The first kappa shape index (κ1) is 17.5. The van der Waals surface area contributed by atoms with Crippen LogP contribution in [0.3, 0.4) is 0 Å². The average molecular weight is 308 g/mol. The summed E-state index contributed by atoms with van der Waals surface area (Å²) >= 11 is 0. The molecule has 0 spiro atoms. The van der Waals surface area contributed by atoms with E-state index in [0.29, 0.717) is 6.61 Å². The van der Waals surface area contributed by atoms with Crippen molar-refractivity contribution in [3.63, 3.8) is 0 Å². The second-order valence-electron chi connectivity index (χ2n) is 5.95. The molecule has 0 radical (unpaired) electrons. The maximum Gasteiger partial charge on any atom is 0.0760 e. The van der Waals surface area contributed by atoms with Gasteiger partial charge < -0.3 is 4.74 Å². The second-order valence-corrected chi connectivity index (χ2v) is 5.95. The minimum Gasteiger partial charge on any atom is -0.369 e. The van der Waals surface area contributed by atoms with Gasteiger partial charge in [0, 0.05) is 0 Å². The lowest BCUT2D eigenvalue weighted by molar-refractivity contribution is 0.0646. The van der Waals surface area contributed by atoms with Gasteiger partial charge in [0.25, 0.3) is 0 Å². The standard InChI is InChI=1S/C22H28O/c1-2-3-6-17-22(23-19-21-14-9-5-10-15-21)18-11-16-20-12-7-4-8-13-20/h4-5,7-15,18,22H,2-3,6,16-17,19H2,1H3/b18-11+. The molecule has 0 aromatic heterocycles. The summed E-state index contributed by atoms with van der Waals surface area (Å²) in [7, 11) is 0. The van der Waals surface area contributed by atoms with E-state index in [9.17, 15) is 0 Å². The van der Waals surface area contributed by atoms with Crippen LogP contribution >= 0.6 is 0 Å². The van der Waals surface area contributed by atoms with Crippen LogP contribution in [0.25, 0.3) is 0 Å². The number of allylic oxidation sites excluding steroid dienone is 1. The second kappa shape index (κ2) is 10.8. The smallest absolute Gasteiger partial charge is 0.0760 e. The zero-order valence-electron chi connectivity index (χ0n) is 14.2. The van der Waals surface area contributed by atoms with Crippen LogP contribution in [-0.4, -0.2) is 6.10 Å². The lowest BCUT2D eigenvalue weighted by Crippen LogP contribution is -2.10. The van der Waals surface area contributed by atoms with Gasteiger partial charge in [0.1, 0.15) is 0 Å². The summed E-state index contributed by atoms with van der Waals surface area (Å²) in [4.78, 5) is 0. The molecule has 1 unspecified atom stereocenters. The van der Waals surface area contributed by atoms with Gasteiger partial charge in [-0.2, -0.15) is 0 Å². The Bertz CT molecular complexity index is 545. The first-order chi connectivity index (χ1) is 11.4. The molecule has 2 rings (SSSR count). The first-order valence-corrected chi connectivity index (χ1v) is 8.74. The van der Waals surface area contributed by atoms with E-state index in [2.05, 4.69) is 73.7 Å².